The molecule has 3 aromatic rings. The van der Waals surface area contributed by atoms with Crippen molar-refractivity contribution < 1.29 is 22.7 Å². The van der Waals surface area contributed by atoms with E-state index >= 15 is 0 Å². The Bertz CT molecular complexity index is 1470. The minimum Gasteiger partial charge on any atom is -0.493 e. The van der Waals surface area contributed by atoms with Gasteiger partial charge >= 0.3 is 6.18 Å². The van der Waals surface area contributed by atoms with Crippen LogP contribution in [0.25, 0.3) is 10.9 Å². The van der Waals surface area contributed by atoms with Crippen molar-refractivity contribution in [2.24, 2.45) is 17.8 Å². The monoisotopic (exact) mass is 575 g/mol. The third-order valence-electron chi connectivity index (χ3n) is 7.97. The van der Waals surface area contributed by atoms with Crippen molar-refractivity contribution in [3.05, 3.63) is 41.6 Å². The Balaban J connectivity index is 0.00000323. The van der Waals surface area contributed by atoms with Gasteiger partial charge in [0.1, 0.15) is 11.8 Å². The molecule has 6 rings (SSSR count). The molecule has 1 aromatic carbocycles. The Morgan fingerprint density at radius 3 is 2.67 bits per heavy atom. The maximum atomic E-state index is 13.5. The predicted octanol–water partition coefficient (Wildman–Crippen LogP) is 4.43. The lowest BCUT2D eigenvalue weighted by molar-refractivity contribution is -0.148. The van der Waals surface area contributed by atoms with Crippen molar-refractivity contribution in [1.29, 1.82) is 5.26 Å². The molecule has 2 aromatic heterocycles. The van der Waals surface area contributed by atoms with Crippen molar-refractivity contribution in [2.75, 3.05) is 31.1 Å². The average Bonchev–Trinajstić information content (AvgIpc) is 3.65. The van der Waals surface area contributed by atoms with Crippen molar-refractivity contribution in [2.45, 2.75) is 45.5 Å². The molecule has 1 amide bonds. The second-order valence-electron chi connectivity index (χ2n) is 10.7. The zero-order chi connectivity index (χ0) is 27.3. The van der Waals surface area contributed by atoms with Gasteiger partial charge in [0.2, 0.25) is 11.7 Å². The van der Waals surface area contributed by atoms with E-state index in [0.717, 1.165) is 26.9 Å². The van der Waals surface area contributed by atoms with Gasteiger partial charge in [0.05, 0.1) is 29.9 Å². The highest BCUT2D eigenvalue weighted by Crippen LogP contribution is 2.37. The zero-order valence-corrected chi connectivity index (χ0v) is 22.7. The number of alkyl halides is 3. The average molecular weight is 576 g/mol. The number of piperidine rings is 1. The molecule has 9 nitrogen and oxygen atoms in total. The second kappa shape index (κ2) is 10.8. The predicted molar refractivity (Wildman–Crippen MR) is 142 cm³/mol. The zero-order valence-electron chi connectivity index (χ0n) is 21.9. The number of aromatic nitrogens is 4. The molecule has 2 fully saturated rings. The number of hydrogen-bond donors (Lipinski definition) is 0. The molecule has 0 N–H and O–H groups in total. The molecule has 212 valence electrons. The van der Waals surface area contributed by atoms with Crippen LogP contribution in [0.1, 0.15) is 43.4 Å². The van der Waals surface area contributed by atoms with E-state index in [2.05, 4.69) is 26.2 Å². The molecule has 3 aliphatic rings. The molecule has 1 saturated carbocycles. The maximum Gasteiger partial charge on any atom is 0.451 e. The van der Waals surface area contributed by atoms with E-state index in [9.17, 15) is 23.2 Å². The van der Waals surface area contributed by atoms with Crippen LogP contribution in [0.4, 0.5) is 18.9 Å². The lowest BCUT2D eigenvalue weighted by Crippen LogP contribution is -2.49. The Labute approximate surface area is 235 Å². The van der Waals surface area contributed by atoms with Gasteiger partial charge in [-0.2, -0.15) is 18.4 Å². The summed E-state index contributed by atoms with van der Waals surface area (Å²) >= 11 is 0. The van der Waals surface area contributed by atoms with Crippen LogP contribution in [-0.2, 0) is 24.1 Å². The van der Waals surface area contributed by atoms with Crippen molar-refractivity contribution in [1.82, 2.24) is 24.6 Å². The van der Waals surface area contributed by atoms with Crippen LogP contribution in [0.5, 0.6) is 5.75 Å². The van der Waals surface area contributed by atoms with Gasteiger partial charge in [0, 0.05) is 49.7 Å². The molecule has 40 heavy (non-hydrogen) atoms. The Hall–Kier alpha value is -3.59. The molecule has 1 aliphatic carbocycles. The number of carbonyl (C=O) groups excluding carboxylic acids is 1. The molecular formula is C27H29ClF3N7O2. The number of benzene rings is 1. The molecule has 2 aliphatic heterocycles. The fourth-order valence-corrected chi connectivity index (χ4v) is 5.68. The van der Waals surface area contributed by atoms with Gasteiger partial charge in [-0.25, -0.2) is 0 Å². The highest BCUT2D eigenvalue weighted by atomic mass is 35.5. The van der Waals surface area contributed by atoms with E-state index < -0.39 is 12.0 Å². The second-order valence-corrected chi connectivity index (χ2v) is 10.7. The summed E-state index contributed by atoms with van der Waals surface area (Å²) in [6, 6.07) is 8.03. The third kappa shape index (κ3) is 5.27. The van der Waals surface area contributed by atoms with E-state index in [-0.39, 0.29) is 55.6 Å². The lowest BCUT2D eigenvalue weighted by Gasteiger charge is -2.40. The summed E-state index contributed by atoms with van der Waals surface area (Å²) in [6.07, 6.45) is -0.0199. The summed E-state index contributed by atoms with van der Waals surface area (Å²) < 4.78 is 46.5. The van der Waals surface area contributed by atoms with Gasteiger partial charge in [0.25, 0.3) is 0 Å². The number of halogens is 4. The van der Waals surface area contributed by atoms with E-state index in [1.54, 1.807) is 11.1 Å². The Kier molecular flexibility index (Phi) is 7.52. The fraction of sp³-hybridized carbons (Fsp3) is 0.519. The van der Waals surface area contributed by atoms with Gasteiger partial charge in [-0.05, 0) is 43.2 Å². The number of fused-ring (bicyclic) bond motifs is 2. The molecule has 0 spiro atoms. The minimum atomic E-state index is -4.58. The van der Waals surface area contributed by atoms with E-state index in [0.29, 0.717) is 37.6 Å². The van der Waals surface area contributed by atoms with Gasteiger partial charge in [-0.15, -0.1) is 22.6 Å². The van der Waals surface area contributed by atoms with Crippen LogP contribution < -0.4 is 9.64 Å². The Morgan fingerprint density at radius 1 is 1.18 bits per heavy atom. The van der Waals surface area contributed by atoms with Gasteiger partial charge in [-0.1, -0.05) is 6.92 Å². The van der Waals surface area contributed by atoms with Crippen LogP contribution in [0, 0.1) is 29.1 Å². The van der Waals surface area contributed by atoms with Gasteiger partial charge in [0.15, 0.2) is 5.82 Å². The highest BCUT2D eigenvalue weighted by Gasteiger charge is 2.41. The van der Waals surface area contributed by atoms with Crippen LogP contribution in [-0.4, -0.2) is 56.8 Å². The first-order chi connectivity index (χ1) is 18.7. The molecule has 13 heteroatoms. The standard InChI is InChI=1S/C27H28F3N7O2.ClH/c1-16-13-35(24-18(11-31)12-32-22-10-19(4-5-21(22)24)39-15-17-2-3-17)7-6-20(16)25(38)36-8-9-37-23(14-36)33-34-26(37)27(28,29)30;/h4-5,10,12,16-17,20H,2-3,6-9,13-15H2,1H3;1H. The number of nitrogens with zero attached hydrogens (tertiary/aromatic N) is 7. The van der Waals surface area contributed by atoms with Crippen molar-refractivity contribution >= 4 is 34.9 Å². The molecule has 4 heterocycles. The van der Waals surface area contributed by atoms with Gasteiger partial charge in [-0.3, -0.25) is 9.78 Å². The van der Waals surface area contributed by atoms with E-state index in [1.807, 2.05) is 25.1 Å². The van der Waals surface area contributed by atoms with Crippen LogP contribution in [0.2, 0.25) is 0 Å². The summed E-state index contributed by atoms with van der Waals surface area (Å²) in [4.78, 5) is 21.7. The van der Waals surface area contributed by atoms with E-state index in [1.165, 1.54) is 12.8 Å². The quantitative estimate of drug-likeness (QED) is 0.444. The number of carbonyl (C=O) groups is 1. The fourth-order valence-electron chi connectivity index (χ4n) is 5.68. The highest BCUT2D eigenvalue weighted by molar-refractivity contribution is 5.95. The first-order valence-corrected chi connectivity index (χ1v) is 13.2. The number of pyridine rings is 1. The third-order valence-corrected chi connectivity index (χ3v) is 7.97. The number of ether oxygens (including phenoxy) is 1. The molecule has 0 bridgehead atoms. The summed E-state index contributed by atoms with van der Waals surface area (Å²) in [7, 11) is 0. The normalized spacial score (nSPS) is 21.0. The van der Waals surface area contributed by atoms with E-state index in [4.69, 9.17) is 4.74 Å². The van der Waals surface area contributed by atoms with Crippen LogP contribution >= 0.6 is 12.4 Å². The number of rotatable bonds is 5. The minimum absolute atomic E-state index is 0. The van der Waals surface area contributed by atoms with Crippen LogP contribution in [0.3, 0.4) is 0 Å². The number of anilines is 1. The largest absolute Gasteiger partial charge is 0.493 e. The first-order valence-electron chi connectivity index (χ1n) is 13.2. The summed E-state index contributed by atoms with van der Waals surface area (Å²) in [5.41, 5.74) is 2.03. The summed E-state index contributed by atoms with van der Waals surface area (Å²) in [5.74, 6) is 0.126. The molecule has 0 radical (unpaired) electrons. The molecular weight excluding hydrogens is 547 g/mol. The first kappa shape index (κ1) is 28.0. The number of hydrogen-bond acceptors (Lipinski definition) is 7. The van der Waals surface area contributed by atoms with Crippen molar-refractivity contribution in [3.63, 3.8) is 0 Å². The Morgan fingerprint density at radius 2 is 1.98 bits per heavy atom. The van der Waals surface area contributed by atoms with Crippen LogP contribution in [0.15, 0.2) is 24.4 Å². The maximum absolute atomic E-state index is 13.5. The molecule has 1 saturated heterocycles. The topological polar surface area (TPSA) is 100 Å². The molecule has 2 unspecified atom stereocenters. The number of nitriles is 1. The lowest BCUT2D eigenvalue weighted by atomic mass is 9.85. The SMILES string of the molecule is CC1CN(c2c(C#N)cnc3cc(OCC4CC4)ccc23)CCC1C(=O)N1CCn2c(nnc2C(F)(F)F)C1.Cl. The molecule has 2 atom stereocenters. The van der Waals surface area contributed by atoms with Gasteiger partial charge < -0.3 is 19.1 Å². The van der Waals surface area contributed by atoms with Crippen molar-refractivity contribution in [3.8, 4) is 11.8 Å². The number of amides is 1. The smallest absolute Gasteiger partial charge is 0.451 e. The summed E-state index contributed by atoms with van der Waals surface area (Å²) in [6.45, 7) is 4.03. The summed E-state index contributed by atoms with van der Waals surface area (Å²) in [5, 5.41) is 17.7.